The van der Waals surface area contributed by atoms with Gasteiger partial charge in [0, 0.05) is 32.9 Å². The lowest BCUT2D eigenvalue weighted by Crippen LogP contribution is -2.28. The summed E-state index contributed by atoms with van der Waals surface area (Å²) in [6.45, 7) is 6.19. The van der Waals surface area contributed by atoms with Gasteiger partial charge < -0.3 is 5.32 Å². The maximum Gasteiger partial charge on any atom is 0.0764 e. The molecule has 0 saturated heterocycles. The van der Waals surface area contributed by atoms with Gasteiger partial charge in [0.25, 0.3) is 0 Å². The fourth-order valence-electron chi connectivity index (χ4n) is 1.35. The van der Waals surface area contributed by atoms with Crippen LogP contribution < -0.4 is 5.32 Å². The molecular formula is C10H20N4. The highest BCUT2D eigenvalue weighted by Gasteiger charge is 2.01. The Hall–Kier alpha value is -0.870. The minimum Gasteiger partial charge on any atom is -0.316 e. The molecule has 1 heterocycles. The summed E-state index contributed by atoms with van der Waals surface area (Å²) in [5, 5.41) is 7.64. The zero-order chi connectivity index (χ0) is 10.4. The molecule has 1 aromatic rings. The Morgan fingerprint density at radius 1 is 1.57 bits per heavy atom. The van der Waals surface area contributed by atoms with Gasteiger partial charge in [0.2, 0.25) is 0 Å². The molecule has 0 aliphatic carbocycles. The molecule has 1 aromatic heterocycles. The first kappa shape index (κ1) is 11.2. The van der Waals surface area contributed by atoms with Crippen molar-refractivity contribution >= 4 is 0 Å². The number of rotatable bonds is 6. The number of hydrogen-bond acceptors (Lipinski definition) is 3. The lowest BCUT2D eigenvalue weighted by Gasteiger charge is -2.14. The van der Waals surface area contributed by atoms with Crippen molar-refractivity contribution in [1.82, 2.24) is 20.0 Å². The quantitative estimate of drug-likeness (QED) is 0.671. The largest absolute Gasteiger partial charge is 0.316 e. The molecule has 0 bridgehead atoms. The molecule has 0 amide bonds. The molecule has 14 heavy (non-hydrogen) atoms. The van der Waals surface area contributed by atoms with E-state index in [4.69, 9.17) is 0 Å². The zero-order valence-electron chi connectivity index (χ0n) is 9.32. The van der Waals surface area contributed by atoms with E-state index in [-0.39, 0.29) is 0 Å². The molecule has 0 aliphatic rings. The van der Waals surface area contributed by atoms with E-state index in [1.807, 2.05) is 17.9 Å². The molecule has 0 fully saturated rings. The van der Waals surface area contributed by atoms with Crippen LogP contribution in [0.15, 0.2) is 12.3 Å². The van der Waals surface area contributed by atoms with Crippen molar-refractivity contribution in [2.24, 2.45) is 7.05 Å². The minimum atomic E-state index is 0.923. The van der Waals surface area contributed by atoms with E-state index >= 15 is 0 Å². The van der Waals surface area contributed by atoms with Gasteiger partial charge in [-0.3, -0.25) is 9.58 Å². The van der Waals surface area contributed by atoms with Gasteiger partial charge >= 0.3 is 0 Å². The molecule has 0 radical (unpaired) electrons. The van der Waals surface area contributed by atoms with Crippen molar-refractivity contribution in [3.63, 3.8) is 0 Å². The Morgan fingerprint density at radius 3 is 2.93 bits per heavy atom. The highest BCUT2D eigenvalue weighted by Crippen LogP contribution is 1.98. The molecule has 4 heteroatoms. The van der Waals surface area contributed by atoms with E-state index in [2.05, 4.69) is 35.4 Å². The molecule has 0 spiro atoms. The van der Waals surface area contributed by atoms with Crippen molar-refractivity contribution in [2.75, 3.05) is 26.7 Å². The maximum absolute atomic E-state index is 4.33. The highest BCUT2D eigenvalue weighted by molar-refractivity contribution is 4.97. The van der Waals surface area contributed by atoms with Crippen molar-refractivity contribution in [1.29, 1.82) is 0 Å². The third-order valence-corrected chi connectivity index (χ3v) is 2.12. The third-order valence-electron chi connectivity index (χ3n) is 2.12. The Labute approximate surface area is 85.9 Å². The average Bonchev–Trinajstić information content (AvgIpc) is 2.52. The smallest absolute Gasteiger partial charge is 0.0764 e. The van der Waals surface area contributed by atoms with Crippen LogP contribution in [0.1, 0.15) is 12.6 Å². The van der Waals surface area contributed by atoms with Crippen molar-refractivity contribution in [2.45, 2.75) is 13.5 Å². The normalized spacial score (nSPS) is 11.1. The van der Waals surface area contributed by atoms with E-state index in [1.165, 1.54) is 0 Å². The van der Waals surface area contributed by atoms with E-state index in [9.17, 15) is 0 Å². The van der Waals surface area contributed by atoms with Crippen molar-refractivity contribution in [3.8, 4) is 0 Å². The SMILES string of the molecule is CCNCCN(C)Cc1ccn(C)n1. The Kier molecular flexibility index (Phi) is 4.62. The van der Waals surface area contributed by atoms with E-state index in [0.717, 1.165) is 31.9 Å². The van der Waals surface area contributed by atoms with Gasteiger partial charge in [-0.2, -0.15) is 5.10 Å². The first-order valence-corrected chi connectivity index (χ1v) is 5.10. The van der Waals surface area contributed by atoms with Gasteiger partial charge in [-0.1, -0.05) is 6.92 Å². The zero-order valence-corrected chi connectivity index (χ0v) is 9.32. The van der Waals surface area contributed by atoms with Gasteiger partial charge in [-0.15, -0.1) is 0 Å². The van der Waals surface area contributed by atoms with Gasteiger partial charge in [0.1, 0.15) is 0 Å². The first-order valence-electron chi connectivity index (χ1n) is 5.10. The Morgan fingerprint density at radius 2 is 2.36 bits per heavy atom. The second-order valence-electron chi connectivity index (χ2n) is 3.57. The number of aryl methyl sites for hydroxylation is 1. The van der Waals surface area contributed by atoms with Crippen LogP contribution in [0.5, 0.6) is 0 Å². The second-order valence-corrected chi connectivity index (χ2v) is 3.57. The maximum atomic E-state index is 4.33. The van der Waals surface area contributed by atoms with Crippen LogP contribution in [-0.2, 0) is 13.6 Å². The fraction of sp³-hybridized carbons (Fsp3) is 0.700. The summed E-state index contributed by atoms with van der Waals surface area (Å²) in [5.41, 5.74) is 1.13. The standard InChI is InChI=1S/C10H20N4/c1-4-11-6-8-13(2)9-10-5-7-14(3)12-10/h5,7,11H,4,6,8-9H2,1-3H3. The monoisotopic (exact) mass is 196 g/mol. The number of likely N-dealkylation sites (N-methyl/N-ethyl adjacent to an activating group) is 2. The Balaban J connectivity index is 2.23. The third kappa shape index (κ3) is 3.89. The summed E-state index contributed by atoms with van der Waals surface area (Å²) in [4.78, 5) is 2.27. The average molecular weight is 196 g/mol. The summed E-state index contributed by atoms with van der Waals surface area (Å²) in [6.07, 6.45) is 1.98. The summed E-state index contributed by atoms with van der Waals surface area (Å²) in [5.74, 6) is 0. The van der Waals surface area contributed by atoms with Gasteiger partial charge in [-0.05, 0) is 19.7 Å². The highest BCUT2D eigenvalue weighted by atomic mass is 15.3. The number of aromatic nitrogens is 2. The summed E-state index contributed by atoms with van der Waals surface area (Å²) < 4.78 is 1.84. The van der Waals surface area contributed by atoms with Crippen LogP contribution in [0.25, 0.3) is 0 Å². The molecule has 80 valence electrons. The van der Waals surface area contributed by atoms with Crippen LogP contribution in [-0.4, -0.2) is 41.4 Å². The summed E-state index contributed by atoms with van der Waals surface area (Å²) in [7, 11) is 4.06. The predicted octanol–water partition coefficient (Wildman–Crippen LogP) is 0.461. The molecule has 0 aliphatic heterocycles. The molecule has 1 rings (SSSR count). The topological polar surface area (TPSA) is 33.1 Å². The van der Waals surface area contributed by atoms with Gasteiger partial charge in [0.15, 0.2) is 0 Å². The number of nitrogens with one attached hydrogen (secondary N) is 1. The van der Waals surface area contributed by atoms with Crippen LogP contribution in [0, 0.1) is 0 Å². The van der Waals surface area contributed by atoms with E-state index in [0.29, 0.717) is 0 Å². The second kappa shape index (κ2) is 5.78. The first-order chi connectivity index (χ1) is 6.72. The van der Waals surface area contributed by atoms with Gasteiger partial charge in [-0.25, -0.2) is 0 Å². The van der Waals surface area contributed by atoms with Crippen LogP contribution in [0.2, 0.25) is 0 Å². The van der Waals surface area contributed by atoms with Crippen molar-refractivity contribution in [3.05, 3.63) is 18.0 Å². The molecule has 1 N–H and O–H groups in total. The van der Waals surface area contributed by atoms with E-state index in [1.54, 1.807) is 0 Å². The van der Waals surface area contributed by atoms with Crippen molar-refractivity contribution < 1.29 is 0 Å². The number of hydrogen-bond donors (Lipinski definition) is 1. The fourth-order valence-corrected chi connectivity index (χ4v) is 1.35. The lowest BCUT2D eigenvalue weighted by molar-refractivity contribution is 0.321. The van der Waals surface area contributed by atoms with Gasteiger partial charge in [0.05, 0.1) is 5.69 Å². The van der Waals surface area contributed by atoms with Crippen LogP contribution >= 0.6 is 0 Å². The molecule has 0 atom stereocenters. The molecular weight excluding hydrogens is 176 g/mol. The molecule has 4 nitrogen and oxygen atoms in total. The van der Waals surface area contributed by atoms with Crippen LogP contribution in [0.3, 0.4) is 0 Å². The van der Waals surface area contributed by atoms with E-state index < -0.39 is 0 Å². The molecule has 0 saturated carbocycles. The number of nitrogens with zero attached hydrogens (tertiary/aromatic N) is 3. The summed E-state index contributed by atoms with van der Waals surface area (Å²) in [6, 6.07) is 2.06. The Bertz CT molecular complexity index is 256. The molecule has 0 aromatic carbocycles. The predicted molar refractivity (Wildman–Crippen MR) is 58.1 cm³/mol. The summed E-state index contributed by atoms with van der Waals surface area (Å²) >= 11 is 0. The molecule has 0 unspecified atom stereocenters. The minimum absolute atomic E-state index is 0.923. The van der Waals surface area contributed by atoms with Crippen LogP contribution in [0.4, 0.5) is 0 Å². The lowest BCUT2D eigenvalue weighted by atomic mass is 10.4.